The van der Waals surface area contributed by atoms with Gasteiger partial charge >= 0.3 is 0 Å². The molecule has 2 atom stereocenters. The van der Waals surface area contributed by atoms with Crippen molar-refractivity contribution in [2.45, 2.75) is 62.8 Å². The second-order valence-electron chi connectivity index (χ2n) is 10.4. The van der Waals surface area contributed by atoms with Crippen molar-refractivity contribution < 1.29 is 17.9 Å². The Bertz CT molecular complexity index is 896. The Morgan fingerprint density at radius 1 is 1.03 bits per heavy atom. The predicted molar refractivity (Wildman–Crippen MR) is 129 cm³/mol. The second kappa shape index (κ2) is 10.4. The van der Waals surface area contributed by atoms with E-state index < -0.39 is 10.0 Å². The normalized spacial score (nSPS) is 27.2. The third kappa shape index (κ3) is 5.61. The monoisotopic (exact) mass is 477 g/mol. The standard InChI is InChI=1S/C25H39N3O4S/c1-20-16-21(2)18-28(17-20)33(30,31)23-8-6-22(7-9-23)24(29)26-19-25(10-4-3-5-11-25)27-12-14-32-15-13-27/h6-9,20-21H,3-5,10-19H2,1-2H3,(H,26,29)/t20-,21-/m0/s1. The number of piperidine rings is 1. The summed E-state index contributed by atoms with van der Waals surface area (Å²) < 4.78 is 33.4. The molecule has 2 aliphatic heterocycles. The van der Waals surface area contributed by atoms with Crippen LogP contribution in [0.5, 0.6) is 0 Å². The van der Waals surface area contributed by atoms with E-state index in [0.717, 1.165) is 45.6 Å². The van der Waals surface area contributed by atoms with Gasteiger partial charge in [-0.3, -0.25) is 9.69 Å². The van der Waals surface area contributed by atoms with E-state index in [0.29, 0.717) is 37.0 Å². The fourth-order valence-electron chi connectivity index (χ4n) is 5.93. The van der Waals surface area contributed by atoms with Gasteiger partial charge in [0.15, 0.2) is 0 Å². The van der Waals surface area contributed by atoms with Crippen LogP contribution in [0.3, 0.4) is 0 Å². The molecule has 1 N–H and O–H groups in total. The highest BCUT2D eigenvalue weighted by Crippen LogP contribution is 2.34. The maximum absolute atomic E-state index is 13.1. The van der Waals surface area contributed by atoms with Crippen LogP contribution in [0.15, 0.2) is 29.2 Å². The summed E-state index contributed by atoms with van der Waals surface area (Å²) in [6.45, 7) is 9.25. The Balaban J connectivity index is 1.41. The van der Waals surface area contributed by atoms with Gasteiger partial charge in [-0.1, -0.05) is 33.1 Å². The molecule has 0 radical (unpaired) electrons. The molecule has 1 aromatic rings. The Labute approximate surface area is 198 Å². The molecule has 2 heterocycles. The quantitative estimate of drug-likeness (QED) is 0.681. The van der Waals surface area contributed by atoms with Crippen molar-refractivity contribution in [3.63, 3.8) is 0 Å². The van der Waals surface area contributed by atoms with Crippen LogP contribution in [0.4, 0.5) is 0 Å². The lowest BCUT2D eigenvalue weighted by molar-refractivity contribution is -0.0361. The highest BCUT2D eigenvalue weighted by atomic mass is 32.2. The summed E-state index contributed by atoms with van der Waals surface area (Å²) >= 11 is 0. The first-order chi connectivity index (χ1) is 15.8. The molecule has 3 fully saturated rings. The number of hydrogen-bond acceptors (Lipinski definition) is 5. The maximum atomic E-state index is 13.1. The average molecular weight is 478 g/mol. The van der Waals surface area contributed by atoms with E-state index in [1.807, 2.05) is 0 Å². The lowest BCUT2D eigenvalue weighted by atomic mass is 9.79. The van der Waals surface area contributed by atoms with Gasteiger partial charge in [-0.15, -0.1) is 0 Å². The third-order valence-electron chi connectivity index (χ3n) is 7.63. The van der Waals surface area contributed by atoms with E-state index in [1.54, 1.807) is 28.6 Å². The fraction of sp³-hybridized carbons (Fsp3) is 0.720. The first-order valence-electron chi connectivity index (χ1n) is 12.5. The molecule has 1 aliphatic carbocycles. The lowest BCUT2D eigenvalue weighted by Gasteiger charge is -2.48. The van der Waals surface area contributed by atoms with Crippen molar-refractivity contribution in [1.29, 1.82) is 0 Å². The number of ether oxygens (including phenoxy) is 1. The van der Waals surface area contributed by atoms with Gasteiger partial charge in [-0.2, -0.15) is 4.31 Å². The van der Waals surface area contributed by atoms with E-state index in [9.17, 15) is 13.2 Å². The SMILES string of the molecule is C[C@H]1C[C@H](C)CN(S(=O)(=O)c2ccc(C(=O)NCC3(N4CCOCC4)CCCCC3)cc2)C1. The van der Waals surface area contributed by atoms with Crippen LogP contribution in [0.1, 0.15) is 62.7 Å². The molecule has 0 unspecified atom stereocenters. The smallest absolute Gasteiger partial charge is 0.251 e. The number of sulfonamides is 1. The number of rotatable bonds is 6. The molecule has 4 rings (SSSR count). The third-order valence-corrected chi connectivity index (χ3v) is 9.48. The van der Waals surface area contributed by atoms with Crippen molar-refractivity contribution in [1.82, 2.24) is 14.5 Å². The number of morpholine rings is 1. The molecular weight excluding hydrogens is 438 g/mol. The summed E-state index contributed by atoms with van der Waals surface area (Å²) in [5.74, 6) is 0.566. The molecule has 0 spiro atoms. The van der Waals surface area contributed by atoms with Crippen LogP contribution in [0.25, 0.3) is 0 Å². The number of carbonyl (C=O) groups excluding carboxylic acids is 1. The number of benzene rings is 1. The molecule has 7 nitrogen and oxygen atoms in total. The number of carbonyl (C=O) groups is 1. The number of nitrogens with one attached hydrogen (secondary N) is 1. The maximum Gasteiger partial charge on any atom is 0.251 e. The van der Waals surface area contributed by atoms with Crippen molar-refractivity contribution in [2.24, 2.45) is 11.8 Å². The second-order valence-corrected chi connectivity index (χ2v) is 12.3. The zero-order valence-corrected chi connectivity index (χ0v) is 20.9. The summed E-state index contributed by atoms with van der Waals surface area (Å²) in [4.78, 5) is 15.7. The van der Waals surface area contributed by atoms with Gasteiger partial charge in [0.05, 0.1) is 18.1 Å². The van der Waals surface area contributed by atoms with Crippen molar-refractivity contribution in [2.75, 3.05) is 45.9 Å². The molecule has 1 amide bonds. The van der Waals surface area contributed by atoms with Crippen LogP contribution >= 0.6 is 0 Å². The average Bonchev–Trinajstić information content (AvgIpc) is 2.83. The van der Waals surface area contributed by atoms with Crippen molar-refractivity contribution >= 4 is 15.9 Å². The Kier molecular flexibility index (Phi) is 7.78. The van der Waals surface area contributed by atoms with Crippen LogP contribution in [-0.4, -0.2) is 75.0 Å². The van der Waals surface area contributed by atoms with Gasteiger partial charge in [-0.25, -0.2) is 8.42 Å². The summed E-state index contributed by atoms with van der Waals surface area (Å²) in [5.41, 5.74) is 0.505. The van der Waals surface area contributed by atoms with Gasteiger partial charge in [0.2, 0.25) is 10.0 Å². The lowest BCUT2D eigenvalue weighted by Crippen LogP contribution is -2.59. The molecular formula is C25H39N3O4S. The number of hydrogen-bond donors (Lipinski definition) is 1. The highest BCUT2D eigenvalue weighted by Gasteiger charge is 2.39. The minimum Gasteiger partial charge on any atom is -0.379 e. The minimum atomic E-state index is -3.54. The van der Waals surface area contributed by atoms with Crippen LogP contribution in [0, 0.1) is 11.8 Å². The Morgan fingerprint density at radius 2 is 1.64 bits per heavy atom. The van der Waals surface area contributed by atoms with E-state index >= 15 is 0 Å². The minimum absolute atomic E-state index is 0.00260. The zero-order valence-electron chi connectivity index (χ0n) is 20.1. The largest absolute Gasteiger partial charge is 0.379 e. The molecule has 1 aromatic carbocycles. The van der Waals surface area contributed by atoms with Crippen LogP contribution < -0.4 is 5.32 Å². The summed E-state index contributed by atoms with van der Waals surface area (Å²) in [7, 11) is -3.54. The van der Waals surface area contributed by atoms with Crippen molar-refractivity contribution in [3.8, 4) is 0 Å². The summed E-state index contributed by atoms with van der Waals surface area (Å²) in [6, 6.07) is 6.43. The fourth-order valence-corrected chi connectivity index (χ4v) is 7.61. The Hall–Kier alpha value is -1.48. The van der Waals surface area contributed by atoms with Gasteiger partial charge < -0.3 is 10.1 Å². The summed E-state index contributed by atoms with van der Waals surface area (Å²) in [5, 5.41) is 3.16. The molecule has 33 heavy (non-hydrogen) atoms. The first kappa shape index (κ1) is 24.6. The molecule has 8 heteroatoms. The van der Waals surface area contributed by atoms with Crippen LogP contribution in [0.2, 0.25) is 0 Å². The van der Waals surface area contributed by atoms with E-state index in [1.165, 1.54) is 19.3 Å². The molecule has 0 bridgehead atoms. The van der Waals surface area contributed by atoms with E-state index in [4.69, 9.17) is 4.74 Å². The molecule has 2 saturated heterocycles. The molecule has 1 saturated carbocycles. The van der Waals surface area contributed by atoms with Gasteiger partial charge in [0.1, 0.15) is 0 Å². The van der Waals surface area contributed by atoms with E-state index in [2.05, 4.69) is 24.1 Å². The zero-order chi connectivity index (χ0) is 23.5. The first-order valence-corrected chi connectivity index (χ1v) is 14.0. The Morgan fingerprint density at radius 3 is 2.24 bits per heavy atom. The topological polar surface area (TPSA) is 79.0 Å². The van der Waals surface area contributed by atoms with Crippen LogP contribution in [-0.2, 0) is 14.8 Å². The molecule has 0 aromatic heterocycles. The molecule has 3 aliphatic rings. The predicted octanol–water partition coefficient (Wildman–Crippen LogP) is 3.12. The van der Waals surface area contributed by atoms with Gasteiger partial charge in [0.25, 0.3) is 5.91 Å². The number of amides is 1. The number of nitrogens with zero attached hydrogens (tertiary/aromatic N) is 2. The van der Waals surface area contributed by atoms with Gasteiger partial charge in [0, 0.05) is 43.8 Å². The molecule has 184 valence electrons. The van der Waals surface area contributed by atoms with Crippen molar-refractivity contribution in [3.05, 3.63) is 29.8 Å². The van der Waals surface area contributed by atoms with Gasteiger partial charge in [-0.05, 0) is 55.4 Å². The summed E-state index contributed by atoms with van der Waals surface area (Å²) in [6.07, 6.45) is 6.87. The highest BCUT2D eigenvalue weighted by molar-refractivity contribution is 7.89. The van der Waals surface area contributed by atoms with E-state index in [-0.39, 0.29) is 16.3 Å².